The maximum atomic E-state index is 12.7. The highest BCUT2D eigenvalue weighted by molar-refractivity contribution is 9.10. The second-order valence-electron chi connectivity index (χ2n) is 6.50. The smallest absolute Gasteiger partial charge is 0.244 e. The zero-order chi connectivity index (χ0) is 19.1. The molecule has 1 aliphatic heterocycles. The molecule has 1 amide bonds. The maximum absolute atomic E-state index is 12.7. The van der Waals surface area contributed by atoms with Gasteiger partial charge >= 0.3 is 0 Å². The number of halogens is 1. The normalized spacial score (nSPS) is 16.2. The van der Waals surface area contributed by atoms with Crippen molar-refractivity contribution in [1.29, 1.82) is 0 Å². The van der Waals surface area contributed by atoms with Crippen LogP contribution in [0.5, 0.6) is 5.75 Å². The monoisotopic (exact) mass is 429 g/mol. The molecule has 1 heterocycles. The van der Waals surface area contributed by atoms with E-state index in [-0.39, 0.29) is 5.91 Å². The van der Waals surface area contributed by atoms with E-state index < -0.39 is 5.54 Å². The topological polar surface area (TPSA) is 47.6 Å². The highest BCUT2D eigenvalue weighted by Crippen LogP contribution is 2.33. The van der Waals surface area contributed by atoms with Gasteiger partial charge < -0.3 is 14.8 Å². The van der Waals surface area contributed by atoms with E-state index in [9.17, 15) is 4.79 Å². The summed E-state index contributed by atoms with van der Waals surface area (Å²) in [6.45, 7) is 3.79. The molecule has 2 aromatic carbocycles. The van der Waals surface area contributed by atoms with E-state index in [0.29, 0.717) is 19.8 Å². The van der Waals surface area contributed by atoms with Crippen molar-refractivity contribution >= 4 is 27.9 Å². The van der Waals surface area contributed by atoms with Gasteiger partial charge in [0.1, 0.15) is 5.75 Å². The highest BCUT2D eigenvalue weighted by atomic mass is 79.9. The Labute approximate surface area is 168 Å². The van der Waals surface area contributed by atoms with Gasteiger partial charge in [-0.2, -0.15) is 0 Å². The van der Waals surface area contributed by atoms with Crippen LogP contribution in [0.4, 0.5) is 0 Å². The number of hydrogen-bond donors (Lipinski definition) is 1. The van der Waals surface area contributed by atoms with Gasteiger partial charge in [0.25, 0.3) is 0 Å². The SMILES string of the molecule is CCOc1ccccc1/C=C/C(=O)NC1(c2cccc(Br)c2)CCOCC1. The molecule has 0 atom stereocenters. The summed E-state index contributed by atoms with van der Waals surface area (Å²) >= 11 is 3.53. The molecule has 1 aliphatic rings. The lowest BCUT2D eigenvalue weighted by Gasteiger charge is -2.38. The summed E-state index contributed by atoms with van der Waals surface area (Å²) in [5.41, 5.74) is 1.57. The van der Waals surface area contributed by atoms with Crippen LogP contribution in [0.2, 0.25) is 0 Å². The van der Waals surface area contributed by atoms with Crippen molar-refractivity contribution in [3.63, 3.8) is 0 Å². The van der Waals surface area contributed by atoms with Crippen LogP contribution >= 0.6 is 15.9 Å². The van der Waals surface area contributed by atoms with Crippen molar-refractivity contribution in [1.82, 2.24) is 5.32 Å². The Kier molecular flexibility index (Phi) is 6.69. The Balaban J connectivity index is 1.79. The number of ether oxygens (including phenoxy) is 2. The summed E-state index contributed by atoms with van der Waals surface area (Å²) in [5.74, 6) is 0.653. The number of rotatable bonds is 6. The highest BCUT2D eigenvalue weighted by Gasteiger charge is 2.35. The molecule has 142 valence electrons. The molecule has 4 nitrogen and oxygen atoms in total. The van der Waals surface area contributed by atoms with Gasteiger partial charge in [-0.1, -0.05) is 46.3 Å². The van der Waals surface area contributed by atoms with E-state index in [1.54, 1.807) is 12.2 Å². The summed E-state index contributed by atoms with van der Waals surface area (Å²) in [7, 11) is 0. The van der Waals surface area contributed by atoms with Crippen LogP contribution in [-0.2, 0) is 15.1 Å². The molecule has 0 spiro atoms. The van der Waals surface area contributed by atoms with Crippen molar-refractivity contribution in [2.24, 2.45) is 0 Å². The third-order valence-corrected chi connectivity index (χ3v) is 5.21. The first-order chi connectivity index (χ1) is 13.1. The summed E-state index contributed by atoms with van der Waals surface area (Å²) in [6.07, 6.45) is 4.87. The zero-order valence-electron chi connectivity index (χ0n) is 15.4. The van der Waals surface area contributed by atoms with Gasteiger partial charge in [-0.3, -0.25) is 4.79 Å². The number of benzene rings is 2. The Morgan fingerprint density at radius 1 is 1.22 bits per heavy atom. The Hall–Kier alpha value is -2.11. The summed E-state index contributed by atoms with van der Waals surface area (Å²) < 4.78 is 12.2. The van der Waals surface area contributed by atoms with Crippen LogP contribution in [0.25, 0.3) is 6.08 Å². The van der Waals surface area contributed by atoms with E-state index >= 15 is 0 Å². The summed E-state index contributed by atoms with van der Waals surface area (Å²) in [4.78, 5) is 12.7. The lowest BCUT2D eigenvalue weighted by atomic mass is 9.82. The Morgan fingerprint density at radius 2 is 2.00 bits per heavy atom. The number of carbonyl (C=O) groups excluding carboxylic acids is 1. The van der Waals surface area contributed by atoms with Crippen molar-refractivity contribution in [2.75, 3.05) is 19.8 Å². The molecule has 0 aromatic heterocycles. The second-order valence-corrected chi connectivity index (χ2v) is 7.41. The van der Waals surface area contributed by atoms with Crippen molar-refractivity contribution < 1.29 is 14.3 Å². The fourth-order valence-electron chi connectivity index (χ4n) is 3.34. The first-order valence-corrected chi connectivity index (χ1v) is 9.98. The molecule has 1 fully saturated rings. The number of para-hydroxylation sites is 1. The van der Waals surface area contributed by atoms with Crippen LogP contribution in [0.15, 0.2) is 59.1 Å². The minimum atomic E-state index is -0.414. The van der Waals surface area contributed by atoms with Gasteiger partial charge in [-0.05, 0) is 49.6 Å². The fourth-order valence-corrected chi connectivity index (χ4v) is 3.74. The van der Waals surface area contributed by atoms with E-state index in [2.05, 4.69) is 33.4 Å². The number of nitrogens with one attached hydrogen (secondary N) is 1. The standard InChI is InChI=1S/C22H24BrNO3/c1-2-27-20-9-4-3-6-17(20)10-11-21(25)24-22(12-14-26-15-13-22)18-7-5-8-19(23)16-18/h3-11,16H,2,12-15H2,1H3,(H,24,25)/b11-10+. The van der Waals surface area contributed by atoms with Crippen LogP contribution in [0.1, 0.15) is 30.9 Å². The lowest BCUT2D eigenvalue weighted by molar-refractivity contribution is -0.119. The predicted molar refractivity (Wildman–Crippen MR) is 111 cm³/mol. The fraction of sp³-hybridized carbons (Fsp3) is 0.318. The molecule has 5 heteroatoms. The molecule has 0 unspecified atom stereocenters. The zero-order valence-corrected chi connectivity index (χ0v) is 17.0. The van der Waals surface area contributed by atoms with E-state index in [4.69, 9.17) is 9.47 Å². The molecule has 1 N–H and O–H groups in total. The largest absolute Gasteiger partial charge is 0.493 e. The average molecular weight is 430 g/mol. The Morgan fingerprint density at radius 3 is 2.74 bits per heavy atom. The van der Waals surface area contributed by atoms with Crippen molar-refractivity contribution in [3.8, 4) is 5.75 Å². The third-order valence-electron chi connectivity index (χ3n) is 4.72. The third kappa shape index (κ3) is 4.99. The van der Waals surface area contributed by atoms with Crippen LogP contribution in [0, 0.1) is 0 Å². The molecule has 1 saturated heterocycles. The molecule has 27 heavy (non-hydrogen) atoms. The molecular formula is C22H24BrNO3. The maximum Gasteiger partial charge on any atom is 0.244 e. The van der Waals surface area contributed by atoms with Gasteiger partial charge in [0.2, 0.25) is 5.91 Å². The Bertz CT molecular complexity index is 813. The summed E-state index contributed by atoms with van der Waals surface area (Å²) in [5, 5.41) is 3.23. The van der Waals surface area contributed by atoms with E-state index in [1.807, 2.05) is 43.3 Å². The number of carbonyl (C=O) groups is 1. The molecule has 2 aromatic rings. The number of amides is 1. The molecule has 3 rings (SSSR count). The molecular weight excluding hydrogens is 406 g/mol. The molecule has 0 aliphatic carbocycles. The summed E-state index contributed by atoms with van der Waals surface area (Å²) in [6, 6.07) is 15.8. The number of hydrogen-bond acceptors (Lipinski definition) is 3. The van der Waals surface area contributed by atoms with E-state index in [0.717, 1.165) is 34.2 Å². The first kappa shape index (κ1) is 19.6. The molecule has 0 saturated carbocycles. The minimum absolute atomic E-state index is 0.122. The first-order valence-electron chi connectivity index (χ1n) is 9.19. The van der Waals surface area contributed by atoms with Gasteiger partial charge in [0, 0.05) is 29.3 Å². The quantitative estimate of drug-likeness (QED) is 0.677. The molecule has 0 radical (unpaired) electrons. The van der Waals surface area contributed by atoms with Gasteiger partial charge in [-0.15, -0.1) is 0 Å². The predicted octanol–water partition coefficient (Wildman–Crippen LogP) is 4.68. The van der Waals surface area contributed by atoms with Crippen molar-refractivity contribution in [2.45, 2.75) is 25.3 Å². The molecule has 0 bridgehead atoms. The van der Waals surface area contributed by atoms with Gasteiger partial charge in [-0.25, -0.2) is 0 Å². The van der Waals surface area contributed by atoms with Gasteiger partial charge in [0.05, 0.1) is 12.1 Å². The average Bonchev–Trinajstić information content (AvgIpc) is 2.68. The van der Waals surface area contributed by atoms with Crippen LogP contribution in [-0.4, -0.2) is 25.7 Å². The van der Waals surface area contributed by atoms with Crippen molar-refractivity contribution in [3.05, 3.63) is 70.2 Å². The van der Waals surface area contributed by atoms with Crippen LogP contribution < -0.4 is 10.1 Å². The minimum Gasteiger partial charge on any atom is -0.493 e. The lowest BCUT2D eigenvalue weighted by Crippen LogP contribution is -2.49. The van der Waals surface area contributed by atoms with Gasteiger partial charge in [0.15, 0.2) is 0 Å². The van der Waals surface area contributed by atoms with E-state index in [1.165, 1.54) is 0 Å². The van der Waals surface area contributed by atoms with Crippen LogP contribution in [0.3, 0.4) is 0 Å². The second kappa shape index (κ2) is 9.20.